The molecule has 1 saturated heterocycles. The molecule has 5 nitrogen and oxygen atoms in total. The van der Waals surface area contributed by atoms with Gasteiger partial charge < -0.3 is 14.5 Å². The molecule has 0 spiro atoms. The number of nitrogens with zero attached hydrogens (tertiary/aromatic N) is 2. The van der Waals surface area contributed by atoms with E-state index in [1.165, 1.54) is 0 Å². The van der Waals surface area contributed by atoms with Crippen molar-refractivity contribution in [3.8, 4) is 5.75 Å². The fraction of sp³-hybridized carbons (Fsp3) is 0.556. The maximum absolute atomic E-state index is 12.5. The summed E-state index contributed by atoms with van der Waals surface area (Å²) in [5, 5.41) is 0.532. The Morgan fingerprint density at radius 3 is 2.21 bits per heavy atom. The average Bonchev–Trinajstić information content (AvgIpc) is 2.55. The minimum absolute atomic E-state index is 0.0323. The van der Waals surface area contributed by atoms with Gasteiger partial charge in [0.05, 0.1) is 13.5 Å². The first-order valence-electron chi connectivity index (χ1n) is 8.12. The Morgan fingerprint density at radius 1 is 1.12 bits per heavy atom. The van der Waals surface area contributed by atoms with Gasteiger partial charge in [-0.3, -0.25) is 9.59 Å². The van der Waals surface area contributed by atoms with Gasteiger partial charge in [0.1, 0.15) is 5.75 Å². The Hall–Kier alpha value is -1.75. The summed E-state index contributed by atoms with van der Waals surface area (Å²) in [4.78, 5) is 28.4. The molecule has 0 atom stereocenters. The standard InChI is InChI=1S/C18H25ClN2O3/c1-18(2,3)17(23)21-9-7-20(8-10-21)16(22)11-13-5-6-14(24-4)12-15(13)19/h5-6,12H,7-11H2,1-4H3. The summed E-state index contributed by atoms with van der Waals surface area (Å²) < 4.78 is 5.12. The molecule has 2 amide bonds. The SMILES string of the molecule is COc1ccc(CC(=O)N2CCN(C(=O)C(C)(C)C)CC2)c(Cl)c1. The molecule has 0 N–H and O–H groups in total. The number of ether oxygens (including phenoxy) is 1. The topological polar surface area (TPSA) is 49.9 Å². The Bertz CT molecular complexity index is 617. The van der Waals surface area contributed by atoms with Crippen LogP contribution < -0.4 is 4.74 Å². The van der Waals surface area contributed by atoms with E-state index >= 15 is 0 Å². The van der Waals surface area contributed by atoms with Crippen molar-refractivity contribution in [1.82, 2.24) is 9.80 Å². The number of carbonyl (C=O) groups excluding carboxylic acids is 2. The second kappa shape index (κ2) is 7.43. The van der Waals surface area contributed by atoms with Gasteiger partial charge >= 0.3 is 0 Å². The molecular formula is C18H25ClN2O3. The van der Waals surface area contributed by atoms with Crippen molar-refractivity contribution in [3.63, 3.8) is 0 Å². The molecule has 6 heteroatoms. The molecule has 132 valence electrons. The second-order valence-corrected chi connectivity index (χ2v) is 7.46. The number of hydrogen-bond acceptors (Lipinski definition) is 3. The zero-order valence-electron chi connectivity index (χ0n) is 14.8. The monoisotopic (exact) mass is 352 g/mol. The molecule has 1 fully saturated rings. The lowest BCUT2D eigenvalue weighted by atomic mass is 9.94. The summed E-state index contributed by atoms with van der Waals surface area (Å²) in [6.45, 7) is 8.04. The molecule has 1 aromatic rings. The van der Waals surface area contributed by atoms with E-state index in [1.54, 1.807) is 24.1 Å². The number of hydrogen-bond donors (Lipinski definition) is 0. The first kappa shape index (κ1) is 18.6. The van der Waals surface area contributed by atoms with E-state index < -0.39 is 0 Å². The smallest absolute Gasteiger partial charge is 0.228 e. The Balaban J connectivity index is 1.93. The molecule has 0 bridgehead atoms. The van der Waals surface area contributed by atoms with E-state index in [1.807, 2.05) is 31.7 Å². The minimum Gasteiger partial charge on any atom is -0.497 e. The highest BCUT2D eigenvalue weighted by Crippen LogP contribution is 2.24. The molecule has 1 heterocycles. The summed E-state index contributed by atoms with van der Waals surface area (Å²) in [6.07, 6.45) is 0.260. The van der Waals surface area contributed by atoms with Crippen LogP contribution in [0.4, 0.5) is 0 Å². The largest absolute Gasteiger partial charge is 0.497 e. The van der Waals surface area contributed by atoms with Gasteiger partial charge in [0.25, 0.3) is 0 Å². The van der Waals surface area contributed by atoms with Gasteiger partial charge in [0.15, 0.2) is 0 Å². The third-order valence-electron chi connectivity index (χ3n) is 4.16. The van der Waals surface area contributed by atoms with Gasteiger partial charge in [-0.1, -0.05) is 38.4 Å². The van der Waals surface area contributed by atoms with Crippen LogP contribution in [0.1, 0.15) is 26.3 Å². The van der Waals surface area contributed by atoms with Crippen molar-refractivity contribution in [2.45, 2.75) is 27.2 Å². The molecular weight excluding hydrogens is 328 g/mol. The van der Waals surface area contributed by atoms with Crippen LogP contribution in [0.25, 0.3) is 0 Å². The lowest BCUT2D eigenvalue weighted by Gasteiger charge is -2.37. The predicted octanol–water partition coefficient (Wildman–Crippen LogP) is 2.61. The van der Waals surface area contributed by atoms with E-state index in [9.17, 15) is 9.59 Å². The number of amides is 2. The quantitative estimate of drug-likeness (QED) is 0.840. The number of rotatable bonds is 3. The summed E-state index contributed by atoms with van der Waals surface area (Å²) in [5.41, 5.74) is 0.402. The highest BCUT2D eigenvalue weighted by molar-refractivity contribution is 6.31. The molecule has 1 aliphatic heterocycles. The summed E-state index contributed by atoms with van der Waals surface area (Å²) in [6, 6.07) is 5.33. The number of halogens is 1. The van der Waals surface area contributed by atoms with E-state index in [4.69, 9.17) is 16.3 Å². The lowest BCUT2D eigenvalue weighted by molar-refractivity contribution is -0.144. The maximum Gasteiger partial charge on any atom is 0.228 e. The fourth-order valence-electron chi connectivity index (χ4n) is 2.71. The van der Waals surface area contributed by atoms with E-state index in [2.05, 4.69) is 0 Å². The maximum atomic E-state index is 12.5. The van der Waals surface area contributed by atoms with Gasteiger partial charge in [0.2, 0.25) is 11.8 Å². The van der Waals surface area contributed by atoms with Crippen LogP contribution in [-0.4, -0.2) is 54.9 Å². The Kier molecular flexibility index (Phi) is 5.75. The van der Waals surface area contributed by atoms with Crippen LogP contribution in [0.3, 0.4) is 0 Å². The number of benzene rings is 1. The van der Waals surface area contributed by atoms with Crippen LogP contribution >= 0.6 is 11.6 Å². The zero-order chi connectivity index (χ0) is 17.9. The third-order valence-corrected chi connectivity index (χ3v) is 4.51. The zero-order valence-corrected chi connectivity index (χ0v) is 15.5. The van der Waals surface area contributed by atoms with E-state index in [0.29, 0.717) is 37.0 Å². The number of methoxy groups -OCH3 is 1. The predicted molar refractivity (Wildman–Crippen MR) is 94.3 cm³/mol. The molecule has 0 aromatic heterocycles. The fourth-order valence-corrected chi connectivity index (χ4v) is 2.94. The number of piperazine rings is 1. The van der Waals surface area contributed by atoms with Crippen molar-refractivity contribution in [1.29, 1.82) is 0 Å². The third kappa shape index (κ3) is 4.41. The van der Waals surface area contributed by atoms with Crippen molar-refractivity contribution >= 4 is 23.4 Å². The molecule has 1 aliphatic rings. The Labute approximate surface area is 148 Å². The van der Waals surface area contributed by atoms with Gasteiger partial charge in [-0.25, -0.2) is 0 Å². The van der Waals surface area contributed by atoms with E-state index in [0.717, 1.165) is 5.56 Å². The van der Waals surface area contributed by atoms with Gasteiger partial charge in [-0.05, 0) is 17.7 Å². The Morgan fingerprint density at radius 2 is 1.71 bits per heavy atom. The second-order valence-electron chi connectivity index (χ2n) is 7.06. The van der Waals surface area contributed by atoms with Crippen LogP contribution in [-0.2, 0) is 16.0 Å². The summed E-state index contributed by atoms with van der Waals surface area (Å²) in [5.74, 6) is 0.836. The lowest BCUT2D eigenvalue weighted by Crippen LogP contribution is -2.53. The van der Waals surface area contributed by atoms with Gasteiger partial charge in [-0.2, -0.15) is 0 Å². The highest BCUT2D eigenvalue weighted by Gasteiger charge is 2.30. The van der Waals surface area contributed by atoms with Gasteiger partial charge in [0, 0.05) is 36.6 Å². The molecule has 0 radical (unpaired) electrons. The molecule has 0 aliphatic carbocycles. The van der Waals surface area contributed by atoms with Gasteiger partial charge in [-0.15, -0.1) is 0 Å². The van der Waals surface area contributed by atoms with Crippen molar-refractivity contribution in [2.24, 2.45) is 5.41 Å². The van der Waals surface area contributed by atoms with Crippen molar-refractivity contribution in [3.05, 3.63) is 28.8 Å². The molecule has 2 rings (SSSR count). The first-order valence-corrected chi connectivity index (χ1v) is 8.49. The average molecular weight is 353 g/mol. The van der Waals surface area contributed by atoms with E-state index in [-0.39, 0.29) is 23.7 Å². The first-order chi connectivity index (χ1) is 11.2. The van der Waals surface area contributed by atoms with Crippen LogP contribution in [0.2, 0.25) is 5.02 Å². The molecule has 0 saturated carbocycles. The van der Waals surface area contributed by atoms with Crippen molar-refractivity contribution < 1.29 is 14.3 Å². The molecule has 1 aromatic carbocycles. The highest BCUT2D eigenvalue weighted by atomic mass is 35.5. The summed E-state index contributed by atoms with van der Waals surface area (Å²) >= 11 is 6.20. The molecule has 0 unspecified atom stereocenters. The molecule has 24 heavy (non-hydrogen) atoms. The van der Waals surface area contributed by atoms with Crippen LogP contribution in [0.5, 0.6) is 5.75 Å². The number of carbonyl (C=O) groups is 2. The normalized spacial score (nSPS) is 15.4. The summed E-state index contributed by atoms with van der Waals surface area (Å²) in [7, 11) is 1.58. The van der Waals surface area contributed by atoms with Crippen molar-refractivity contribution in [2.75, 3.05) is 33.3 Å². The van der Waals surface area contributed by atoms with Crippen LogP contribution in [0.15, 0.2) is 18.2 Å². The minimum atomic E-state index is -0.386. The van der Waals surface area contributed by atoms with Crippen LogP contribution in [0, 0.1) is 5.41 Å².